The van der Waals surface area contributed by atoms with Gasteiger partial charge in [0.2, 0.25) is 11.8 Å². The van der Waals surface area contributed by atoms with E-state index in [4.69, 9.17) is 9.47 Å². The quantitative estimate of drug-likeness (QED) is 0.374. The van der Waals surface area contributed by atoms with Gasteiger partial charge in [0, 0.05) is 25.8 Å². The summed E-state index contributed by atoms with van der Waals surface area (Å²) in [6, 6.07) is 14.2. The number of rotatable bonds is 12. The number of amides is 2. The molecule has 0 saturated heterocycles. The lowest BCUT2D eigenvalue weighted by Crippen LogP contribution is -2.48. The molecule has 9 nitrogen and oxygen atoms in total. The molecule has 1 saturated carbocycles. The lowest BCUT2D eigenvalue weighted by Gasteiger charge is -2.33. The van der Waals surface area contributed by atoms with Crippen molar-refractivity contribution in [1.29, 1.82) is 0 Å². The van der Waals surface area contributed by atoms with Crippen LogP contribution < -0.4 is 10.1 Å². The highest BCUT2D eigenvalue weighted by Gasteiger charge is 2.33. The van der Waals surface area contributed by atoms with Gasteiger partial charge in [0.1, 0.15) is 23.9 Å². The maximum Gasteiger partial charge on any atom is 0.247 e. The van der Waals surface area contributed by atoms with Crippen molar-refractivity contribution in [3.05, 3.63) is 54.1 Å². The second-order valence-electron chi connectivity index (χ2n) is 9.40. The first kappa shape index (κ1) is 26.6. The molecule has 1 heterocycles. The first-order valence-electron chi connectivity index (χ1n) is 13.2. The van der Waals surface area contributed by atoms with E-state index >= 15 is 0 Å². The molecule has 0 unspecified atom stereocenters. The number of ether oxygens (including phenoxy) is 2. The molecule has 37 heavy (non-hydrogen) atoms. The van der Waals surface area contributed by atoms with Gasteiger partial charge in [-0.2, -0.15) is 0 Å². The summed E-state index contributed by atoms with van der Waals surface area (Å²) >= 11 is 0. The molecular weight excluding hydrogens is 470 g/mol. The van der Waals surface area contributed by atoms with Crippen LogP contribution in [0.5, 0.6) is 5.75 Å². The van der Waals surface area contributed by atoms with Crippen molar-refractivity contribution in [1.82, 2.24) is 25.2 Å². The Labute approximate surface area is 218 Å². The van der Waals surface area contributed by atoms with Gasteiger partial charge < -0.3 is 19.7 Å². The van der Waals surface area contributed by atoms with Crippen LogP contribution in [0.4, 0.5) is 0 Å². The van der Waals surface area contributed by atoms with Gasteiger partial charge in [0.25, 0.3) is 0 Å². The lowest BCUT2D eigenvalue weighted by molar-refractivity contribution is -0.142. The molecule has 0 radical (unpaired) electrons. The smallest absolute Gasteiger partial charge is 0.247 e. The molecule has 1 N–H and O–H groups in total. The van der Waals surface area contributed by atoms with E-state index in [0.29, 0.717) is 37.5 Å². The second-order valence-corrected chi connectivity index (χ2v) is 9.40. The maximum absolute atomic E-state index is 13.9. The molecule has 0 aliphatic heterocycles. The summed E-state index contributed by atoms with van der Waals surface area (Å²) < 4.78 is 12.6. The van der Waals surface area contributed by atoms with Crippen molar-refractivity contribution in [2.45, 2.75) is 64.1 Å². The van der Waals surface area contributed by atoms with E-state index in [1.807, 2.05) is 55.5 Å². The van der Waals surface area contributed by atoms with Crippen LogP contribution in [0.15, 0.2) is 48.5 Å². The molecule has 2 amide bonds. The zero-order valence-electron chi connectivity index (χ0n) is 21.8. The van der Waals surface area contributed by atoms with E-state index in [9.17, 15) is 9.59 Å². The number of para-hydroxylation sites is 1. The maximum atomic E-state index is 13.9. The van der Waals surface area contributed by atoms with Crippen LogP contribution in [0.1, 0.15) is 57.1 Å². The monoisotopic (exact) mass is 507 g/mol. The number of carbonyl (C=O) groups excluding carboxylic acids is 2. The predicted molar refractivity (Wildman–Crippen MR) is 141 cm³/mol. The Morgan fingerprint density at radius 1 is 1.14 bits per heavy atom. The van der Waals surface area contributed by atoms with E-state index in [-0.39, 0.29) is 24.4 Å². The van der Waals surface area contributed by atoms with Gasteiger partial charge in [-0.15, -0.1) is 5.10 Å². The van der Waals surface area contributed by atoms with Crippen LogP contribution >= 0.6 is 0 Å². The van der Waals surface area contributed by atoms with Crippen LogP contribution in [0.25, 0.3) is 11.0 Å². The van der Waals surface area contributed by atoms with Gasteiger partial charge in [-0.1, -0.05) is 48.7 Å². The Morgan fingerprint density at radius 2 is 1.95 bits per heavy atom. The number of fused-ring (bicyclic) bond motifs is 1. The average Bonchev–Trinajstić information content (AvgIpc) is 3.33. The number of methoxy groups -OCH3 is 1. The number of nitrogens with one attached hydrogen (secondary N) is 1. The minimum absolute atomic E-state index is 0.0215. The summed E-state index contributed by atoms with van der Waals surface area (Å²) in [4.78, 5) is 29.4. The number of benzene rings is 2. The Balaban J connectivity index is 1.65. The first-order valence-corrected chi connectivity index (χ1v) is 13.2. The second kappa shape index (κ2) is 13.2. The normalized spacial score (nSPS) is 14.9. The molecule has 9 heteroatoms. The zero-order chi connectivity index (χ0) is 26.0. The van der Waals surface area contributed by atoms with Crippen LogP contribution in [0.3, 0.4) is 0 Å². The Bertz CT molecular complexity index is 1170. The molecule has 3 aromatic rings. The summed E-state index contributed by atoms with van der Waals surface area (Å²) in [6.45, 7) is 3.38. The van der Waals surface area contributed by atoms with Crippen molar-refractivity contribution >= 4 is 22.8 Å². The average molecular weight is 508 g/mol. The summed E-state index contributed by atoms with van der Waals surface area (Å²) in [6.07, 6.45) is 5.92. The van der Waals surface area contributed by atoms with Gasteiger partial charge in [0.05, 0.1) is 12.6 Å². The zero-order valence-corrected chi connectivity index (χ0v) is 21.8. The summed E-state index contributed by atoms with van der Waals surface area (Å²) in [5.74, 6) is 0.254. The lowest BCUT2D eigenvalue weighted by atomic mass is 9.94. The van der Waals surface area contributed by atoms with Gasteiger partial charge in [-0.25, -0.2) is 4.68 Å². The molecule has 0 spiro atoms. The van der Waals surface area contributed by atoms with Crippen molar-refractivity contribution in [2.75, 3.05) is 26.9 Å². The number of carbonyl (C=O) groups is 2. The van der Waals surface area contributed by atoms with Crippen LogP contribution in [0, 0.1) is 0 Å². The first-order chi connectivity index (χ1) is 18.1. The van der Waals surface area contributed by atoms with Gasteiger partial charge >= 0.3 is 0 Å². The van der Waals surface area contributed by atoms with E-state index in [1.54, 1.807) is 16.7 Å². The fourth-order valence-electron chi connectivity index (χ4n) is 4.94. The number of nitrogens with zero attached hydrogens (tertiary/aromatic N) is 4. The summed E-state index contributed by atoms with van der Waals surface area (Å²) in [7, 11) is 1.59. The third kappa shape index (κ3) is 6.85. The molecular formula is C28H37N5O4. The molecule has 0 bridgehead atoms. The molecule has 1 aliphatic rings. The minimum Gasteiger partial charge on any atom is -0.497 e. The molecule has 1 aliphatic carbocycles. The Morgan fingerprint density at radius 3 is 2.73 bits per heavy atom. The fraction of sp³-hybridized carbons (Fsp3) is 0.500. The Hall–Kier alpha value is -3.46. The van der Waals surface area contributed by atoms with Crippen molar-refractivity contribution in [3.8, 4) is 5.75 Å². The molecule has 198 valence electrons. The molecule has 1 aromatic heterocycles. The van der Waals surface area contributed by atoms with Gasteiger partial charge in [0.15, 0.2) is 0 Å². The highest BCUT2D eigenvalue weighted by atomic mass is 16.5. The molecule has 1 atom stereocenters. The highest BCUT2D eigenvalue weighted by molar-refractivity contribution is 5.89. The largest absolute Gasteiger partial charge is 0.497 e. The van der Waals surface area contributed by atoms with Crippen molar-refractivity contribution in [3.63, 3.8) is 0 Å². The predicted octanol–water partition coefficient (Wildman–Crippen LogP) is 3.89. The SMILES string of the molecule is CCOCCCN(C(=O)Cn1nnc2ccccc21)[C@@H](C(=O)NC1CCCCC1)c1cccc(OC)c1. The van der Waals surface area contributed by atoms with Crippen LogP contribution in [-0.4, -0.2) is 64.6 Å². The van der Waals surface area contributed by atoms with Gasteiger partial charge in [-0.05, 0) is 56.0 Å². The number of hydrogen-bond acceptors (Lipinski definition) is 6. The summed E-state index contributed by atoms with van der Waals surface area (Å²) in [5, 5.41) is 11.6. The van der Waals surface area contributed by atoms with Crippen molar-refractivity contribution in [2.24, 2.45) is 0 Å². The van der Waals surface area contributed by atoms with E-state index in [1.165, 1.54) is 6.42 Å². The summed E-state index contributed by atoms with van der Waals surface area (Å²) in [5.41, 5.74) is 2.20. The fourth-order valence-corrected chi connectivity index (χ4v) is 4.94. The molecule has 1 fully saturated rings. The number of aromatic nitrogens is 3. The third-order valence-corrected chi connectivity index (χ3v) is 6.84. The topological polar surface area (TPSA) is 98.6 Å². The van der Waals surface area contributed by atoms with Crippen molar-refractivity contribution < 1.29 is 19.1 Å². The third-order valence-electron chi connectivity index (χ3n) is 6.84. The molecule has 2 aromatic carbocycles. The van der Waals surface area contributed by atoms with Crippen LogP contribution in [-0.2, 0) is 20.9 Å². The molecule has 4 rings (SSSR count). The van der Waals surface area contributed by atoms with E-state index in [2.05, 4.69) is 15.6 Å². The Kier molecular flexibility index (Phi) is 9.48. The minimum atomic E-state index is -0.805. The van der Waals surface area contributed by atoms with E-state index < -0.39 is 6.04 Å². The number of hydrogen-bond donors (Lipinski definition) is 1. The van der Waals surface area contributed by atoms with Crippen LogP contribution in [0.2, 0.25) is 0 Å². The highest BCUT2D eigenvalue weighted by Crippen LogP contribution is 2.27. The van der Waals surface area contributed by atoms with E-state index in [0.717, 1.165) is 36.7 Å². The van der Waals surface area contributed by atoms with Gasteiger partial charge in [-0.3, -0.25) is 9.59 Å². The standard InChI is InChI=1S/C28H37N5O4/c1-3-37-18-10-17-32(26(34)20-33-25-16-8-7-15-24(25)30-31-33)27(21-11-9-14-23(19-21)36-2)28(35)29-22-12-5-4-6-13-22/h7-9,11,14-16,19,22,27H,3-6,10,12-13,17-18,20H2,1-2H3,(H,29,35)/t27-/m1/s1.